The SMILES string of the molecule is [O-]OOCCC(F)(F)F. The maximum Gasteiger partial charge on any atom is 0.391 e. The van der Waals surface area contributed by atoms with Crippen LogP contribution in [0.1, 0.15) is 6.42 Å². The van der Waals surface area contributed by atoms with Crippen LogP contribution < -0.4 is 5.26 Å². The summed E-state index contributed by atoms with van der Waals surface area (Å²) in [5.74, 6) is 0. The minimum absolute atomic E-state index is 0.757. The average Bonchev–Trinajstić information content (AvgIpc) is 1.63. The van der Waals surface area contributed by atoms with Gasteiger partial charge in [0, 0.05) is 0 Å². The summed E-state index contributed by atoms with van der Waals surface area (Å²) >= 11 is 0. The summed E-state index contributed by atoms with van der Waals surface area (Å²) in [6.45, 7) is -0.757. The first-order valence-electron chi connectivity index (χ1n) is 2.04. The molecule has 0 aliphatic heterocycles. The Balaban J connectivity index is 3.07. The lowest BCUT2D eigenvalue weighted by Crippen LogP contribution is -2.14. The van der Waals surface area contributed by atoms with Gasteiger partial charge in [-0.25, -0.2) is 4.89 Å². The van der Waals surface area contributed by atoms with Crippen molar-refractivity contribution in [2.45, 2.75) is 12.6 Å². The van der Waals surface area contributed by atoms with Crippen molar-refractivity contribution in [1.82, 2.24) is 0 Å². The van der Waals surface area contributed by atoms with Gasteiger partial charge in [-0.3, -0.25) is 5.04 Å². The molecule has 6 heteroatoms. The Morgan fingerprint density at radius 1 is 1.33 bits per heavy atom. The van der Waals surface area contributed by atoms with Gasteiger partial charge in [0.05, 0.1) is 13.0 Å². The normalized spacial score (nSPS) is 12.0. The molecule has 0 spiro atoms. The summed E-state index contributed by atoms with van der Waals surface area (Å²) < 4.78 is 33.4. The van der Waals surface area contributed by atoms with Gasteiger partial charge < -0.3 is 5.26 Å². The minimum atomic E-state index is -4.29. The monoisotopic (exact) mass is 145 g/mol. The third-order valence-electron chi connectivity index (χ3n) is 0.517. The molecule has 0 aliphatic rings. The van der Waals surface area contributed by atoms with Crippen LogP contribution in [-0.4, -0.2) is 12.8 Å². The summed E-state index contributed by atoms with van der Waals surface area (Å²) in [5, 5.41) is 11.6. The molecule has 0 amide bonds. The molecule has 9 heavy (non-hydrogen) atoms. The van der Waals surface area contributed by atoms with E-state index >= 15 is 0 Å². The van der Waals surface area contributed by atoms with E-state index in [0.29, 0.717) is 0 Å². The van der Waals surface area contributed by atoms with Crippen LogP contribution in [0.3, 0.4) is 0 Å². The van der Waals surface area contributed by atoms with Crippen LogP contribution in [0.15, 0.2) is 0 Å². The Morgan fingerprint density at radius 2 is 1.89 bits per heavy atom. The molecule has 0 fully saturated rings. The van der Waals surface area contributed by atoms with Crippen LogP contribution in [0.5, 0.6) is 0 Å². The topological polar surface area (TPSA) is 41.5 Å². The summed E-state index contributed by atoms with van der Waals surface area (Å²) in [6, 6.07) is 0. The summed E-state index contributed by atoms with van der Waals surface area (Å²) in [4.78, 5) is 3.43. The van der Waals surface area contributed by atoms with Gasteiger partial charge in [-0.15, -0.1) is 0 Å². The van der Waals surface area contributed by atoms with Crippen molar-refractivity contribution in [3.05, 3.63) is 0 Å². The number of hydrogen-bond donors (Lipinski definition) is 0. The Kier molecular flexibility index (Phi) is 3.52. The van der Waals surface area contributed by atoms with Crippen molar-refractivity contribution in [1.29, 1.82) is 0 Å². The van der Waals surface area contributed by atoms with Crippen molar-refractivity contribution < 1.29 is 28.4 Å². The highest BCUT2D eigenvalue weighted by molar-refractivity contribution is 4.45. The van der Waals surface area contributed by atoms with Crippen LogP contribution in [0.2, 0.25) is 0 Å². The number of rotatable bonds is 3. The van der Waals surface area contributed by atoms with E-state index in [0.717, 1.165) is 0 Å². The van der Waals surface area contributed by atoms with Gasteiger partial charge >= 0.3 is 6.18 Å². The highest BCUT2D eigenvalue weighted by atomic mass is 19.4. The predicted octanol–water partition coefficient (Wildman–Crippen LogP) is 0.162. The second-order valence-electron chi connectivity index (χ2n) is 1.26. The van der Waals surface area contributed by atoms with Gasteiger partial charge in [-0.05, 0) is 0 Å². The molecule has 0 atom stereocenters. The fourth-order valence-corrected chi connectivity index (χ4v) is 0.191. The molecule has 0 aliphatic carbocycles. The zero-order valence-electron chi connectivity index (χ0n) is 4.27. The minimum Gasteiger partial charge on any atom is -0.692 e. The highest BCUT2D eigenvalue weighted by Gasteiger charge is 2.26. The Hall–Kier alpha value is -0.330. The molecular formula is C3H4F3O3-. The van der Waals surface area contributed by atoms with Gasteiger partial charge in [0.1, 0.15) is 0 Å². The summed E-state index contributed by atoms with van der Waals surface area (Å²) in [7, 11) is 0. The van der Waals surface area contributed by atoms with Crippen LogP contribution in [-0.2, 0) is 9.93 Å². The van der Waals surface area contributed by atoms with Crippen LogP contribution >= 0.6 is 0 Å². The Bertz CT molecular complexity index is 71.2. The number of alkyl halides is 3. The molecule has 0 aromatic carbocycles. The summed E-state index contributed by atoms with van der Waals surface area (Å²) in [5.41, 5.74) is 0. The zero-order chi connectivity index (χ0) is 7.33. The third-order valence-corrected chi connectivity index (χ3v) is 0.517. The van der Waals surface area contributed by atoms with Crippen LogP contribution in [0.25, 0.3) is 0 Å². The lowest BCUT2D eigenvalue weighted by molar-refractivity contribution is -0.800. The van der Waals surface area contributed by atoms with E-state index in [-0.39, 0.29) is 0 Å². The first-order chi connectivity index (χ1) is 4.06. The summed E-state index contributed by atoms with van der Waals surface area (Å²) in [6.07, 6.45) is -5.46. The van der Waals surface area contributed by atoms with Crippen molar-refractivity contribution in [3.63, 3.8) is 0 Å². The first-order valence-corrected chi connectivity index (χ1v) is 2.04. The van der Waals surface area contributed by atoms with E-state index in [4.69, 9.17) is 5.26 Å². The lowest BCUT2D eigenvalue weighted by Gasteiger charge is -2.07. The molecule has 0 aromatic rings. The van der Waals surface area contributed by atoms with Crippen molar-refractivity contribution in [2.24, 2.45) is 0 Å². The molecular weight excluding hydrogens is 141 g/mol. The fourth-order valence-electron chi connectivity index (χ4n) is 0.191. The van der Waals surface area contributed by atoms with Gasteiger partial charge in [-0.2, -0.15) is 13.2 Å². The molecule has 0 aromatic heterocycles. The van der Waals surface area contributed by atoms with Crippen LogP contribution in [0.4, 0.5) is 13.2 Å². The second-order valence-corrected chi connectivity index (χ2v) is 1.26. The van der Waals surface area contributed by atoms with Crippen LogP contribution in [0, 0.1) is 0 Å². The maximum absolute atomic E-state index is 11.1. The standard InChI is InChI=1S/C3H5F3O3/c4-3(5,6)1-2-8-9-7/h7H,1-2H2/p-1. The van der Waals surface area contributed by atoms with Gasteiger partial charge in [-0.1, -0.05) is 0 Å². The smallest absolute Gasteiger partial charge is 0.391 e. The first kappa shape index (κ1) is 8.67. The molecule has 0 saturated heterocycles. The average molecular weight is 145 g/mol. The van der Waals surface area contributed by atoms with E-state index in [2.05, 4.69) is 9.93 Å². The maximum atomic E-state index is 11.1. The van der Waals surface area contributed by atoms with Crippen molar-refractivity contribution in [2.75, 3.05) is 6.61 Å². The predicted molar refractivity (Wildman–Crippen MR) is 17.7 cm³/mol. The molecule has 3 nitrogen and oxygen atoms in total. The van der Waals surface area contributed by atoms with E-state index in [1.165, 1.54) is 0 Å². The second kappa shape index (κ2) is 3.65. The van der Waals surface area contributed by atoms with Gasteiger partial charge in [0.25, 0.3) is 0 Å². The fraction of sp³-hybridized carbons (Fsp3) is 1.00. The molecule has 0 unspecified atom stereocenters. The van der Waals surface area contributed by atoms with Gasteiger partial charge in [0.2, 0.25) is 0 Å². The van der Waals surface area contributed by atoms with E-state index in [1.54, 1.807) is 0 Å². The Morgan fingerprint density at radius 3 is 2.22 bits per heavy atom. The lowest BCUT2D eigenvalue weighted by atomic mass is 10.5. The van der Waals surface area contributed by atoms with E-state index in [9.17, 15) is 13.2 Å². The highest BCUT2D eigenvalue weighted by Crippen LogP contribution is 2.18. The Labute approximate surface area is 48.8 Å². The van der Waals surface area contributed by atoms with Crippen molar-refractivity contribution in [3.8, 4) is 0 Å². The molecule has 0 rings (SSSR count). The quantitative estimate of drug-likeness (QED) is 0.322. The van der Waals surface area contributed by atoms with Crippen molar-refractivity contribution >= 4 is 0 Å². The largest absolute Gasteiger partial charge is 0.692 e. The molecule has 0 saturated carbocycles. The van der Waals surface area contributed by atoms with Gasteiger partial charge in [0.15, 0.2) is 0 Å². The molecule has 0 bridgehead atoms. The van der Waals surface area contributed by atoms with E-state index in [1.807, 2.05) is 0 Å². The molecule has 0 heterocycles. The molecule has 56 valence electrons. The number of hydrogen-bond acceptors (Lipinski definition) is 3. The molecule has 0 radical (unpaired) electrons. The zero-order valence-corrected chi connectivity index (χ0v) is 4.27. The number of halogens is 3. The third kappa shape index (κ3) is 7.67. The molecule has 0 N–H and O–H groups in total. The van der Waals surface area contributed by atoms with E-state index < -0.39 is 19.2 Å².